The van der Waals surface area contributed by atoms with E-state index in [1.54, 1.807) is 18.3 Å². The summed E-state index contributed by atoms with van der Waals surface area (Å²) in [4.78, 5) is 5.48. The van der Waals surface area contributed by atoms with Crippen molar-refractivity contribution in [3.8, 4) is 21.0 Å². The molecule has 1 saturated carbocycles. The van der Waals surface area contributed by atoms with Gasteiger partial charge in [0.25, 0.3) is 10.2 Å². The van der Waals surface area contributed by atoms with E-state index in [0.717, 1.165) is 45.0 Å². The van der Waals surface area contributed by atoms with E-state index in [4.69, 9.17) is 0 Å². The molecule has 3 aliphatic rings. The van der Waals surface area contributed by atoms with Gasteiger partial charge in [-0.1, -0.05) is 24.3 Å². The summed E-state index contributed by atoms with van der Waals surface area (Å²) in [5.74, 6) is -0.446. The first-order chi connectivity index (χ1) is 17.0. The van der Waals surface area contributed by atoms with Gasteiger partial charge in [-0.3, -0.25) is 0 Å². The summed E-state index contributed by atoms with van der Waals surface area (Å²) < 4.78 is 81.2. The van der Waals surface area contributed by atoms with Crippen LogP contribution < -0.4 is 4.72 Å². The highest BCUT2D eigenvalue weighted by Crippen LogP contribution is 2.51. The maximum absolute atomic E-state index is 13.3. The second kappa shape index (κ2) is 8.34. The van der Waals surface area contributed by atoms with Crippen LogP contribution in [0.15, 0.2) is 48.7 Å². The maximum atomic E-state index is 13.3. The third-order valence-corrected chi connectivity index (χ3v) is 10.5. The maximum Gasteiger partial charge on any atom is 0.402 e. The van der Waals surface area contributed by atoms with Gasteiger partial charge in [0, 0.05) is 18.3 Å². The first kappa shape index (κ1) is 24.0. The zero-order valence-electron chi connectivity index (χ0n) is 19.1. The minimum absolute atomic E-state index is 0.0625. The molecule has 3 atom stereocenters. The number of benzene rings is 2. The van der Waals surface area contributed by atoms with Gasteiger partial charge in [0.1, 0.15) is 17.4 Å². The third-order valence-electron chi connectivity index (χ3n) is 7.79. The van der Waals surface area contributed by atoms with E-state index in [0.29, 0.717) is 17.1 Å². The van der Waals surface area contributed by atoms with Gasteiger partial charge in [0.2, 0.25) is 0 Å². The number of hydrogen-bond acceptors (Lipinski definition) is 4. The van der Waals surface area contributed by atoms with Gasteiger partial charge in [-0.25, -0.2) is 9.37 Å². The van der Waals surface area contributed by atoms with Crippen LogP contribution in [-0.2, 0) is 23.1 Å². The minimum Gasteiger partial charge on any atom is -0.244 e. The lowest BCUT2D eigenvalue weighted by atomic mass is 9.79. The highest BCUT2D eigenvalue weighted by Gasteiger charge is 2.60. The molecule has 1 N–H and O–H groups in total. The Morgan fingerprint density at radius 3 is 2.39 bits per heavy atom. The molecule has 36 heavy (non-hydrogen) atoms. The minimum atomic E-state index is -4.59. The lowest BCUT2D eigenvalue weighted by molar-refractivity contribution is -0.136. The predicted molar refractivity (Wildman–Crippen MR) is 129 cm³/mol. The number of nitrogens with zero attached hydrogens (tertiary/aromatic N) is 2. The lowest BCUT2D eigenvalue weighted by Crippen LogP contribution is -2.52. The van der Waals surface area contributed by atoms with Crippen LogP contribution in [-0.4, -0.2) is 42.5 Å². The summed E-state index contributed by atoms with van der Waals surface area (Å²) in [6, 6.07) is 12.4. The van der Waals surface area contributed by atoms with Crippen LogP contribution in [0.3, 0.4) is 0 Å². The van der Waals surface area contributed by atoms with Crippen molar-refractivity contribution in [2.24, 2.45) is 11.8 Å². The molecule has 0 amide bonds. The van der Waals surface area contributed by atoms with Crippen LogP contribution >= 0.6 is 11.3 Å². The molecule has 2 fully saturated rings. The molecule has 6 rings (SSSR count). The number of aromatic nitrogens is 1. The molecule has 0 radical (unpaired) electrons. The highest BCUT2D eigenvalue weighted by atomic mass is 32.2. The van der Waals surface area contributed by atoms with Gasteiger partial charge >= 0.3 is 6.18 Å². The van der Waals surface area contributed by atoms with Crippen molar-refractivity contribution < 1.29 is 26.0 Å². The number of halogens is 4. The summed E-state index contributed by atoms with van der Waals surface area (Å²) in [7, 11) is -4.20. The molecule has 2 heterocycles. The van der Waals surface area contributed by atoms with Crippen molar-refractivity contribution in [2.45, 2.75) is 37.4 Å². The quantitative estimate of drug-likeness (QED) is 0.468. The first-order valence-electron chi connectivity index (χ1n) is 11.7. The van der Waals surface area contributed by atoms with Crippen molar-refractivity contribution in [1.82, 2.24) is 14.0 Å². The van der Waals surface area contributed by atoms with E-state index in [9.17, 15) is 26.0 Å². The summed E-state index contributed by atoms with van der Waals surface area (Å²) in [6.45, 7) is -1.63. The number of alkyl halides is 3. The Morgan fingerprint density at radius 2 is 1.69 bits per heavy atom. The van der Waals surface area contributed by atoms with E-state index >= 15 is 0 Å². The number of nitrogens with one attached hydrogen (secondary N) is 1. The topological polar surface area (TPSA) is 62.3 Å². The van der Waals surface area contributed by atoms with Gasteiger partial charge in [-0.05, 0) is 72.4 Å². The lowest BCUT2D eigenvalue weighted by Gasteiger charge is -2.33. The van der Waals surface area contributed by atoms with Crippen LogP contribution in [0, 0.1) is 17.7 Å². The summed E-state index contributed by atoms with van der Waals surface area (Å²) in [5.41, 5.74) is 3.12. The van der Waals surface area contributed by atoms with E-state index in [1.165, 1.54) is 23.5 Å². The second-order valence-electron chi connectivity index (χ2n) is 9.93. The molecule has 1 saturated heterocycles. The summed E-state index contributed by atoms with van der Waals surface area (Å²) in [6.07, 6.45) is -0.0728. The van der Waals surface area contributed by atoms with Crippen molar-refractivity contribution in [3.05, 3.63) is 65.6 Å². The van der Waals surface area contributed by atoms with Gasteiger partial charge in [0.15, 0.2) is 0 Å². The van der Waals surface area contributed by atoms with E-state index in [-0.39, 0.29) is 24.2 Å². The van der Waals surface area contributed by atoms with E-state index < -0.39 is 28.5 Å². The largest absolute Gasteiger partial charge is 0.402 e. The second-order valence-corrected chi connectivity index (χ2v) is 12.6. The Bertz CT molecular complexity index is 1420. The van der Waals surface area contributed by atoms with Crippen molar-refractivity contribution in [2.75, 3.05) is 13.1 Å². The van der Waals surface area contributed by atoms with Crippen molar-refractivity contribution in [1.29, 1.82) is 0 Å². The molecule has 3 aromatic rings. The van der Waals surface area contributed by atoms with Gasteiger partial charge in [-0.2, -0.15) is 30.6 Å². The van der Waals surface area contributed by atoms with Crippen LogP contribution in [0.2, 0.25) is 0 Å². The third kappa shape index (κ3) is 4.15. The molecule has 2 aromatic carbocycles. The Kier molecular flexibility index (Phi) is 5.56. The summed E-state index contributed by atoms with van der Waals surface area (Å²) in [5, 5.41) is 0.819. The molecule has 5 nitrogen and oxygen atoms in total. The SMILES string of the molecule is O=S1(=O)NC2(CN1CC(F)(F)F)C1CCC2Cc2cc(-c3ncc(-c4ccc(F)cc4)s3)ccc2C1. The molecule has 1 aliphatic heterocycles. The van der Waals surface area contributed by atoms with Gasteiger partial charge < -0.3 is 0 Å². The number of rotatable bonds is 3. The number of thiazole rings is 1. The molecule has 1 spiro atoms. The molecule has 2 bridgehead atoms. The molecule has 2 aliphatic carbocycles. The fraction of sp³-hybridized carbons (Fsp3) is 0.400. The Labute approximate surface area is 210 Å². The van der Waals surface area contributed by atoms with Crippen LogP contribution in [0.4, 0.5) is 17.6 Å². The molecular weight excluding hydrogens is 514 g/mol. The van der Waals surface area contributed by atoms with Gasteiger partial charge in [0.05, 0.1) is 10.4 Å². The van der Waals surface area contributed by atoms with E-state index in [2.05, 4.69) is 15.8 Å². The molecule has 190 valence electrons. The molecule has 3 unspecified atom stereocenters. The van der Waals surface area contributed by atoms with Crippen LogP contribution in [0.25, 0.3) is 21.0 Å². The average Bonchev–Trinajstić information content (AvgIpc) is 3.43. The first-order valence-corrected chi connectivity index (χ1v) is 14.0. The zero-order valence-corrected chi connectivity index (χ0v) is 20.7. The normalized spacial score (nSPS) is 27.3. The average molecular weight is 538 g/mol. The number of fused-ring (bicyclic) bond motifs is 1. The predicted octanol–water partition coefficient (Wildman–Crippen LogP) is 5.19. The van der Waals surface area contributed by atoms with Crippen molar-refractivity contribution >= 4 is 21.5 Å². The molecule has 1 aromatic heterocycles. The Morgan fingerprint density at radius 1 is 1.03 bits per heavy atom. The summed E-state index contributed by atoms with van der Waals surface area (Å²) >= 11 is 1.50. The van der Waals surface area contributed by atoms with E-state index in [1.807, 2.05) is 12.1 Å². The molecule has 11 heteroatoms. The fourth-order valence-corrected chi connectivity index (χ4v) is 8.76. The monoisotopic (exact) mass is 537 g/mol. The number of hydrogen-bond donors (Lipinski definition) is 1. The fourth-order valence-electron chi connectivity index (χ4n) is 6.13. The smallest absolute Gasteiger partial charge is 0.244 e. The zero-order chi connectivity index (χ0) is 25.3. The standard InChI is InChI=1S/C25H23F4N3O2S2/c26-21-7-3-15(4-8-21)22-12-30-23(35-22)17-2-1-16-10-19-5-6-20(11-18(16)9-17)24(19)13-32(14-25(27,28)29)36(33,34)31-24/h1-4,7-9,12,19-20,31H,5-6,10-11,13-14H2. The molecular formula is C25H23F4N3O2S2. The Hall–Kier alpha value is -2.34. The van der Waals surface area contributed by atoms with Crippen molar-refractivity contribution in [3.63, 3.8) is 0 Å². The van der Waals surface area contributed by atoms with Gasteiger partial charge in [-0.15, -0.1) is 11.3 Å². The van der Waals surface area contributed by atoms with Crippen LogP contribution in [0.1, 0.15) is 24.0 Å². The Balaban J connectivity index is 1.29. The van der Waals surface area contributed by atoms with Crippen LogP contribution in [0.5, 0.6) is 0 Å². The highest BCUT2D eigenvalue weighted by molar-refractivity contribution is 7.87.